The molecule has 2 aromatic carbocycles. The van der Waals surface area contributed by atoms with Crippen LogP contribution in [0.4, 0.5) is 17.1 Å². The van der Waals surface area contributed by atoms with Gasteiger partial charge in [-0.1, -0.05) is 24.3 Å². The molecule has 0 aliphatic carbocycles. The molecule has 0 fully saturated rings. The van der Waals surface area contributed by atoms with Crippen molar-refractivity contribution in [1.82, 2.24) is 0 Å². The molecule has 1 heterocycles. The van der Waals surface area contributed by atoms with Gasteiger partial charge >= 0.3 is 0 Å². The quantitative estimate of drug-likeness (QED) is 0.866. The fourth-order valence-electron chi connectivity index (χ4n) is 3.04. The van der Waals surface area contributed by atoms with Gasteiger partial charge in [-0.25, -0.2) is 0 Å². The summed E-state index contributed by atoms with van der Waals surface area (Å²) in [6.07, 6.45) is 0. The molecule has 6 nitrogen and oxygen atoms in total. The fourth-order valence-corrected chi connectivity index (χ4v) is 3.04. The molecule has 0 saturated carbocycles. The number of benzene rings is 2. The molecule has 0 unspecified atom stereocenters. The van der Waals surface area contributed by atoms with Gasteiger partial charge in [0.1, 0.15) is 11.3 Å². The Labute approximate surface area is 153 Å². The summed E-state index contributed by atoms with van der Waals surface area (Å²) in [6.45, 7) is 5.98. The van der Waals surface area contributed by atoms with Crippen molar-refractivity contribution in [2.45, 2.75) is 26.3 Å². The Hall–Kier alpha value is -3.02. The molecule has 0 radical (unpaired) electrons. The van der Waals surface area contributed by atoms with E-state index in [9.17, 15) is 9.59 Å². The summed E-state index contributed by atoms with van der Waals surface area (Å²) >= 11 is 0. The zero-order valence-corrected chi connectivity index (χ0v) is 15.2. The fraction of sp³-hybridized carbons (Fsp3) is 0.300. The molecule has 0 atom stereocenters. The lowest BCUT2D eigenvalue weighted by molar-refractivity contribution is -0.125. The van der Waals surface area contributed by atoms with E-state index in [0.29, 0.717) is 23.7 Å². The maximum Gasteiger partial charge on any atom is 0.250 e. The van der Waals surface area contributed by atoms with Crippen LogP contribution in [0.15, 0.2) is 48.5 Å². The van der Waals surface area contributed by atoms with Gasteiger partial charge in [-0.15, -0.1) is 0 Å². The third-order valence-electron chi connectivity index (χ3n) is 4.37. The van der Waals surface area contributed by atoms with E-state index in [1.54, 1.807) is 24.8 Å². The minimum Gasteiger partial charge on any atom is -0.492 e. The first kappa shape index (κ1) is 17.8. The van der Waals surface area contributed by atoms with Gasteiger partial charge in [-0.05, 0) is 45.0 Å². The van der Waals surface area contributed by atoms with Gasteiger partial charge in [0.15, 0.2) is 0 Å². The molecule has 0 bridgehead atoms. The van der Waals surface area contributed by atoms with Gasteiger partial charge < -0.3 is 15.4 Å². The van der Waals surface area contributed by atoms with Crippen LogP contribution >= 0.6 is 0 Å². The van der Waals surface area contributed by atoms with Crippen LogP contribution < -0.4 is 20.3 Å². The van der Waals surface area contributed by atoms with Gasteiger partial charge in [-0.2, -0.15) is 0 Å². The second-order valence-electron chi connectivity index (χ2n) is 6.54. The minimum atomic E-state index is -0.980. The second kappa shape index (κ2) is 7.07. The normalized spacial score (nSPS) is 15.0. The number of hydrogen-bond acceptors (Lipinski definition) is 4. The Morgan fingerprint density at radius 1 is 1.15 bits per heavy atom. The van der Waals surface area contributed by atoms with Gasteiger partial charge in [-0.3, -0.25) is 14.5 Å². The van der Waals surface area contributed by atoms with Crippen LogP contribution in [-0.2, 0) is 9.59 Å². The van der Waals surface area contributed by atoms with E-state index in [1.165, 1.54) is 0 Å². The lowest BCUT2D eigenvalue weighted by atomic mass is 9.96. The lowest BCUT2D eigenvalue weighted by Crippen LogP contribution is -2.59. The van der Waals surface area contributed by atoms with E-state index >= 15 is 0 Å². The number of para-hydroxylation sites is 4. The zero-order valence-electron chi connectivity index (χ0n) is 15.2. The van der Waals surface area contributed by atoms with E-state index in [2.05, 4.69) is 10.6 Å². The van der Waals surface area contributed by atoms with E-state index in [0.717, 1.165) is 5.69 Å². The van der Waals surface area contributed by atoms with Crippen LogP contribution in [0.2, 0.25) is 0 Å². The molecule has 0 aromatic heterocycles. The number of hydrogen-bond donors (Lipinski definition) is 2. The van der Waals surface area contributed by atoms with Crippen molar-refractivity contribution in [2.24, 2.45) is 0 Å². The van der Waals surface area contributed by atoms with Crippen molar-refractivity contribution < 1.29 is 14.3 Å². The monoisotopic (exact) mass is 353 g/mol. The van der Waals surface area contributed by atoms with Crippen molar-refractivity contribution in [2.75, 3.05) is 28.7 Å². The van der Waals surface area contributed by atoms with Crippen molar-refractivity contribution in [1.29, 1.82) is 0 Å². The molecule has 1 aliphatic rings. The van der Waals surface area contributed by atoms with E-state index in [-0.39, 0.29) is 18.4 Å². The minimum absolute atomic E-state index is 0.0507. The van der Waals surface area contributed by atoms with Crippen LogP contribution in [0.3, 0.4) is 0 Å². The summed E-state index contributed by atoms with van der Waals surface area (Å²) in [7, 11) is 0. The van der Waals surface area contributed by atoms with Crippen molar-refractivity contribution >= 4 is 28.9 Å². The number of anilines is 3. The SMILES string of the molecule is CCOc1ccccc1NCC(=O)N1c2ccccc2NC(=O)C1(C)C. The predicted octanol–water partition coefficient (Wildman–Crippen LogP) is 3.26. The summed E-state index contributed by atoms with van der Waals surface area (Å²) in [5, 5.41) is 5.99. The number of nitrogens with zero attached hydrogens (tertiary/aromatic N) is 1. The van der Waals surface area contributed by atoms with Crippen LogP contribution in [-0.4, -0.2) is 30.5 Å². The number of carbonyl (C=O) groups excluding carboxylic acids is 2. The third kappa shape index (κ3) is 3.22. The molecular formula is C20H23N3O3. The summed E-state index contributed by atoms with van der Waals surface area (Å²) in [5.41, 5.74) is 1.10. The average Bonchev–Trinajstić information content (AvgIpc) is 2.62. The smallest absolute Gasteiger partial charge is 0.250 e. The molecule has 2 N–H and O–H groups in total. The van der Waals surface area contributed by atoms with Gasteiger partial charge in [0.2, 0.25) is 11.8 Å². The standard InChI is InChI=1S/C20H23N3O3/c1-4-26-17-12-8-6-10-15(17)21-13-18(24)23-16-11-7-5-9-14(16)22-19(25)20(23,2)3/h5-12,21H,4,13H2,1-3H3,(H,22,25). The number of amides is 2. The Morgan fingerprint density at radius 2 is 1.85 bits per heavy atom. The Balaban J connectivity index is 1.84. The van der Waals surface area contributed by atoms with E-state index in [1.807, 2.05) is 49.4 Å². The number of ether oxygens (including phenoxy) is 1. The van der Waals surface area contributed by atoms with Crippen LogP contribution in [0.5, 0.6) is 5.75 Å². The Kier molecular flexibility index (Phi) is 4.84. The molecule has 1 aliphatic heterocycles. The lowest BCUT2D eigenvalue weighted by Gasteiger charge is -2.42. The maximum absolute atomic E-state index is 13.0. The topological polar surface area (TPSA) is 70.7 Å². The van der Waals surface area contributed by atoms with Crippen molar-refractivity contribution in [3.05, 3.63) is 48.5 Å². The average molecular weight is 353 g/mol. The highest BCUT2D eigenvalue weighted by Crippen LogP contribution is 2.36. The molecule has 26 heavy (non-hydrogen) atoms. The number of nitrogens with one attached hydrogen (secondary N) is 2. The molecule has 136 valence electrons. The predicted molar refractivity (Wildman–Crippen MR) is 103 cm³/mol. The third-order valence-corrected chi connectivity index (χ3v) is 4.37. The Bertz CT molecular complexity index is 833. The summed E-state index contributed by atoms with van der Waals surface area (Å²) in [5.74, 6) is 0.293. The highest BCUT2D eigenvalue weighted by Gasteiger charge is 2.43. The number of fused-ring (bicyclic) bond motifs is 1. The molecule has 2 amide bonds. The molecule has 6 heteroatoms. The van der Waals surface area contributed by atoms with Gasteiger partial charge in [0.05, 0.1) is 30.2 Å². The highest BCUT2D eigenvalue weighted by atomic mass is 16.5. The summed E-state index contributed by atoms with van der Waals surface area (Å²) in [4.78, 5) is 27.0. The van der Waals surface area contributed by atoms with E-state index in [4.69, 9.17) is 4.74 Å². The first-order valence-electron chi connectivity index (χ1n) is 8.64. The van der Waals surface area contributed by atoms with Crippen LogP contribution in [0, 0.1) is 0 Å². The van der Waals surface area contributed by atoms with Gasteiger partial charge in [0.25, 0.3) is 0 Å². The first-order chi connectivity index (χ1) is 12.4. The van der Waals surface area contributed by atoms with E-state index < -0.39 is 5.54 Å². The maximum atomic E-state index is 13.0. The molecule has 0 spiro atoms. The summed E-state index contributed by atoms with van der Waals surface area (Å²) < 4.78 is 5.58. The number of carbonyl (C=O) groups is 2. The molecule has 2 aromatic rings. The second-order valence-corrected chi connectivity index (χ2v) is 6.54. The van der Waals surface area contributed by atoms with Crippen molar-refractivity contribution in [3.63, 3.8) is 0 Å². The van der Waals surface area contributed by atoms with Crippen LogP contribution in [0.25, 0.3) is 0 Å². The highest BCUT2D eigenvalue weighted by molar-refractivity contribution is 6.14. The summed E-state index contributed by atoms with van der Waals surface area (Å²) in [6, 6.07) is 14.8. The Morgan fingerprint density at radius 3 is 2.62 bits per heavy atom. The first-order valence-corrected chi connectivity index (χ1v) is 8.64. The van der Waals surface area contributed by atoms with Crippen molar-refractivity contribution in [3.8, 4) is 5.75 Å². The van der Waals surface area contributed by atoms with Crippen LogP contribution in [0.1, 0.15) is 20.8 Å². The zero-order chi connectivity index (χ0) is 18.7. The molecule has 0 saturated heterocycles. The largest absolute Gasteiger partial charge is 0.492 e. The van der Waals surface area contributed by atoms with Gasteiger partial charge in [0, 0.05) is 0 Å². The molecular weight excluding hydrogens is 330 g/mol. The number of rotatable bonds is 5. The molecule has 3 rings (SSSR count).